The first-order valence-corrected chi connectivity index (χ1v) is 4.96. The number of carbonyl (C=O) groups excluding carboxylic acids is 1. The van der Waals surface area contributed by atoms with Crippen molar-refractivity contribution in [1.82, 2.24) is 9.13 Å². The molecule has 0 aliphatic rings. The van der Waals surface area contributed by atoms with E-state index in [1.807, 2.05) is 0 Å². The topological polar surface area (TPSA) is 73.1 Å². The SMILES string of the molecule is Cn1c(=O)c(=O)n(C)c2cc(NC=O)ccc21. The van der Waals surface area contributed by atoms with E-state index in [9.17, 15) is 14.4 Å². The van der Waals surface area contributed by atoms with E-state index >= 15 is 0 Å². The first-order valence-electron chi connectivity index (χ1n) is 4.96. The number of carbonyl (C=O) groups is 1. The van der Waals surface area contributed by atoms with E-state index < -0.39 is 11.1 Å². The highest BCUT2D eigenvalue weighted by atomic mass is 16.2. The van der Waals surface area contributed by atoms with E-state index in [-0.39, 0.29) is 0 Å². The lowest BCUT2D eigenvalue weighted by Gasteiger charge is -2.09. The summed E-state index contributed by atoms with van der Waals surface area (Å²) in [6, 6.07) is 4.99. The van der Waals surface area contributed by atoms with Crippen molar-refractivity contribution < 1.29 is 4.79 Å². The molecule has 0 unspecified atom stereocenters. The average Bonchev–Trinajstić information content (AvgIpc) is 2.34. The van der Waals surface area contributed by atoms with Crippen molar-refractivity contribution in [3.63, 3.8) is 0 Å². The Hall–Kier alpha value is -2.37. The second-order valence-electron chi connectivity index (χ2n) is 3.69. The van der Waals surface area contributed by atoms with Gasteiger partial charge in [0, 0.05) is 19.8 Å². The molecular weight excluding hydrogens is 222 g/mol. The minimum atomic E-state index is -0.594. The predicted octanol–water partition coefficient (Wildman–Crippen LogP) is -0.195. The summed E-state index contributed by atoms with van der Waals surface area (Å²) in [6.45, 7) is 0. The van der Waals surface area contributed by atoms with Gasteiger partial charge in [-0.25, -0.2) is 0 Å². The van der Waals surface area contributed by atoms with Crippen LogP contribution >= 0.6 is 0 Å². The van der Waals surface area contributed by atoms with Gasteiger partial charge in [-0.3, -0.25) is 14.4 Å². The molecule has 1 heterocycles. The summed E-state index contributed by atoms with van der Waals surface area (Å²) in [6.07, 6.45) is 0.557. The molecule has 2 aromatic rings. The van der Waals surface area contributed by atoms with Crippen LogP contribution in [0.2, 0.25) is 0 Å². The van der Waals surface area contributed by atoms with Crippen molar-refractivity contribution in [3.8, 4) is 0 Å². The monoisotopic (exact) mass is 233 g/mol. The lowest BCUT2D eigenvalue weighted by atomic mass is 10.2. The summed E-state index contributed by atoms with van der Waals surface area (Å²) in [5, 5.41) is 2.50. The highest BCUT2D eigenvalue weighted by Gasteiger charge is 2.08. The van der Waals surface area contributed by atoms with Crippen LogP contribution in [0.25, 0.3) is 11.0 Å². The van der Waals surface area contributed by atoms with E-state index in [1.165, 1.54) is 16.2 Å². The molecule has 6 heteroatoms. The van der Waals surface area contributed by atoms with Crippen LogP contribution in [0.3, 0.4) is 0 Å². The van der Waals surface area contributed by atoms with Gasteiger partial charge in [0.2, 0.25) is 6.41 Å². The van der Waals surface area contributed by atoms with Crippen molar-refractivity contribution in [3.05, 3.63) is 38.9 Å². The van der Waals surface area contributed by atoms with Crippen LogP contribution in [0, 0.1) is 0 Å². The fraction of sp³-hybridized carbons (Fsp3) is 0.182. The van der Waals surface area contributed by atoms with Crippen LogP contribution in [0.4, 0.5) is 5.69 Å². The predicted molar refractivity (Wildman–Crippen MR) is 64.1 cm³/mol. The number of benzene rings is 1. The lowest BCUT2D eigenvalue weighted by Crippen LogP contribution is -2.39. The Labute approximate surface area is 96.1 Å². The minimum absolute atomic E-state index is 0.557. The number of aromatic nitrogens is 2. The van der Waals surface area contributed by atoms with E-state index in [2.05, 4.69) is 5.32 Å². The van der Waals surface area contributed by atoms with Gasteiger partial charge in [-0.1, -0.05) is 0 Å². The van der Waals surface area contributed by atoms with E-state index in [1.54, 1.807) is 25.2 Å². The summed E-state index contributed by atoms with van der Waals surface area (Å²) < 4.78 is 2.57. The van der Waals surface area contributed by atoms with E-state index in [0.29, 0.717) is 23.1 Å². The molecule has 0 aliphatic heterocycles. The van der Waals surface area contributed by atoms with Crippen LogP contribution in [0.1, 0.15) is 0 Å². The minimum Gasteiger partial charge on any atom is -0.329 e. The first kappa shape index (κ1) is 11.1. The second kappa shape index (κ2) is 3.89. The van der Waals surface area contributed by atoms with Crippen LogP contribution in [0.15, 0.2) is 27.8 Å². The summed E-state index contributed by atoms with van der Waals surface area (Å²) in [7, 11) is 3.07. The zero-order chi connectivity index (χ0) is 12.6. The van der Waals surface area contributed by atoms with Gasteiger partial charge in [-0.15, -0.1) is 0 Å². The molecule has 0 fully saturated rings. The molecule has 0 saturated heterocycles. The molecule has 88 valence electrons. The quantitative estimate of drug-likeness (QED) is 0.577. The number of anilines is 1. The fourth-order valence-corrected chi connectivity index (χ4v) is 1.74. The van der Waals surface area contributed by atoms with E-state index in [0.717, 1.165) is 0 Å². The van der Waals surface area contributed by atoms with Gasteiger partial charge >= 0.3 is 11.1 Å². The molecule has 17 heavy (non-hydrogen) atoms. The molecule has 0 radical (unpaired) electrons. The van der Waals surface area contributed by atoms with Crippen molar-refractivity contribution in [2.24, 2.45) is 14.1 Å². The third-order valence-electron chi connectivity index (χ3n) is 2.72. The number of amides is 1. The van der Waals surface area contributed by atoms with Gasteiger partial charge in [0.05, 0.1) is 11.0 Å². The Morgan fingerprint density at radius 2 is 1.65 bits per heavy atom. The number of rotatable bonds is 2. The molecule has 0 aliphatic carbocycles. The van der Waals surface area contributed by atoms with Crippen molar-refractivity contribution in [1.29, 1.82) is 0 Å². The number of fused-ring (bicyclic) bond motifs is 1. The Balaban J connectivity index is 2.91. The van der Waals surface area contributed by atoms with Crippen molar-refractivity contribution in [2.75, 3.05) is 5.32 Å². The van der Waals surface area contributed by atoms with Gasteiger partial charge in [-0.05, 0) is 18.2 Å². The number of hydrogen-bond donors (Lipinski definition) is 1. The Morgan fingerprint density at radius 1 is 1.06 bits per heavy atom. The molecule has 1 amide bonds. The van der Waals surface area contributed by atoms with Crippen LogP contribution < -0.4 is 16.4 Å². The maximum absolute atomic E-state index is 11.6. The Morgan fingerprint density at radius 3 is 2.24 bits per heavy atom. The molecule has 0 saturated carbocycles. The van der Waals surface area contributed by atoms with Crippen molar-refractivity contribution in [2.45, 2.75) is 0 Å². The van der Waals surface area contributed by atoms with Crippen LogP contribution in [0.5, 0.6) is 0 Å². The van der Waals surface area contributed by atoms with E-state index in [4.69, 9.17) is 0 Å². The van der Waals surface area contributed by atoms with Gasteiger partial charge in [0.25, 0.3) is 0 Å². The maximum atomic E-state index is 11.6. The molecule has 1 aromatic carbocycles. The zero-order valence-corrected chi connectivity index (χ0v) is 9.43. The maximum Gasteiger partial charge on any atom is 0.316 e. The standard InChI is InChI=1S/C11H11N3O3/c1-13-8-4-3-7(12-6-15)5-9(8)14(2)11(17)10(13)16/h3-6H,1-2H3,(H,12,15). The number of nitrogens with one attached hydrogen (secondary N) is 1. The number of nitrogens with zero attached hydrogens (tertiary/aromatic N) is 2. The fourth-order valence-electron chi connectivity index (χ4n) is 1.74. The summed E-state index contributed by atoms with van der Waals surface area (Å²) in [5.74, 6) is 0. The van der Waals surface area contributed by atoms with Gasteiger partial charge < -0.3 is 14.5 Å². The normalized spacial score (nSPS) is 10.5. The largest absolute Gasteiger partial charge is 0.329 e. The van der Waals surface area contributed by atoms with Crippen LogP contribution in [-0.2, 0) is 18.9 Å². The molecular formula is C11H11N3O3. The molecule has 1 aromatic heterocycles. The molecule has 2 rings (SSSR count). The summed E-state index contributed by atoms with van der Waals surface area (Å²) in [4.78, 5) is 33.5. The van der Waals surface area contributed by atoms with Gasteiger partial charge in [0.15, 0.2) is 0 Å². The molecule has 1 N–H and O–H groups in total. The van der Waals surface area contributed by atoms with Gasteiger partial charge in [0.1, 0.15) is 0 Å². The number of hydrogen-bond acceptors (Lipinski definition) is 3. The third-order valence-corrected chi connectivity index (χ3v) is 2.72. The smallest absolute Gasteiger partial charge is 0.316 e. The molecule has 0 bridgehead atoms. The molecule has 6 nitrogen and oxygen atoms in total. The Bertz CT molecular complexity index is 712. The summed E-state index contributed by atoms with van der Waals surface area (Å²) >= 11 is 0. The average molecular weight is 233 g/mol. The lowest BCUT2D eigenvalue weighted by molar-refractivity contribution is -0.105. The third kappa shape index (κ3) is 1.63. The van der Waals surface area contributed by atoms with Crippen molar-refractivity contribution >= 4 is 23.1 Å². The van der Waals surface area contributed by atoms with Crippen LogP contribution in [-0.4, -0.2) is 15.5 Å². The molecule has 0 atom stereocenters. The van der Waals surface area contributed by atoms with Gasteiger partial charge in [-0.2, -0.15) is 0 Å². The highest BCUT2D eigenvalue weighted by Crippen LogP contribution is 2.15. The molecule has 0 spiro atoms. The second-order valence-corrected chi connectivity index (χ2v) is 3.69. The highest BCUT2D eigenvalue weighted by molar-refractivity contribution is 5.83. The Kier molecular flexibility index (Phi) is 2.55. The summed E-state index contributed by atoms with van der Waals surface area (Å²) in [5.41, 5.74) is 0.623. The first-order chi connectivity index (χ1) is 8.06. The number of aryl methyl sites for hydroxylation is 2. The zero-order valence-electron chi connectivity index (χ0n) is 9.43.